The van der Waals surface area contributed by atoms with Gasteiger partial charge in [0, 0.05) is 0 Å². The van der Waals surface area contributed by atoms with Crippen LogP contribution in [0.25, 0.3) is 0 Å². The van der Waals surface area contributed by atoms with Crippen LogP contribution in [-0.2, 0) is 0 Å². The molecule has 13 heavy (non-hydrogen) atoms. The van der Waals surface area contributed by atoms with Crippen molar-refractivity contribution in [1.82, 2.24) is 0 Å². The molecule has 1 aliphatic rings. The Bertz CT molecular complexity index is 158. The van der Waals surface area contributed by atoms with Gasteiger partial charge in [-0.2, -0.15) is 4.91 Å². The number of nitrogens with zero attached hydrogens (tertiary/aromatic N) is 1. The molecule has 0 radical (unpaired) electrons. The molecule has 0 aromatic rings. The van der Waals surface area contributed by atoms with Gasteiger partial charge in [0.25, 0.3) is 0 Å². The Morgan fingerprint density at radius 2 is 2.15 bits per heavy atom. The molecule has 1 saturated carbocycles. The summed E-state index contributed by atoms with van der Waals surface area (Å²) in [6, 6.07) is 0. The molecule has 0 bridgehead atoms. The third-order valence-corrected chi connectivity index (χ3v) is 3.64. The molecule has 0 aromatic heterocycles. The zero-order valence-electron chi connectivity index (χ0n) is 8.83. The fourth-order valence-electron chi connectivity index (χ4n) is 2.79. The lowest BCUT2D eigenvalue weighted by Crippen LogP contribution is -2.12. The van der Waals surface area contributed by atoms with Gasteiger partial charge in [-0.25, -0.2) is 0 Å². The largest absolute Gasteiger partial charge is 0.151 e. The van der Waals surface area contributed by atoms with E-state index in [9.17, 15) is 4.91 Å². The zero-order chi connectivity index (χ0) is 9.68. The summed E-state index contributed by atoms with van der Waals surface area (Å²) in [6.45, 7) is 5.15. The van der Waals surface area contributed by atoms with E-state index < -0.39 is 0 Å². The van der Waals surface area contributed by atoms with E-state index in [1.54, 1.807) is 0 Å². The van der Waals surface area contributed by atoms with Crippen molar-refractivity contribution in [3.05, 3.63) is 4.91 Å². The number of nitroso groups, excluding NO2 is 1. The smallest absolute Gasteiger partial charge is 0.0811 e. The van der Waals surface area contributed by atoms with Crippen molar-refractivity contribution in [1.29, 1.82) is 0 Å². The van der Waals surface area contributed by atoms with Crippen molar-refractivity contribution in [2.45, 2.75) is 46.0 Å². The molecule has 0 spiro atoms. The second-order valence-corrected chi connectivity index (χ2v) is 4.38. The minimum Gasteiger partial charge on any atom is -0.151 e. The van der Waals surface area contributed by atoms with Crippen molar-refractivity contribution >= 4 is 0 Å². The molecule has 0 aromatic carbocycles. The quantitative estimate of drug-likeness (QED) is 0.473. The molecule has 0 saturated heterocycles. The van der Waals surface area contributed by atoms with E-state index in [1.807, 2.05) is 0 Å². The van der Waals surface area contributed by atoms with E-state index >= 15 is 0 Å². The van der Waals surface area contributed by atoms with Crippen molar-refractivity contribution in [3.63, 3.8) is 0 Å². The summed E-state index contributed by atoms with van der Waals surface area (Å²) in [5.74, 6) is 2.66. The first-order valence-corrected chi connectivity index (χ1v) is 5.58. The van der Waals surface area contributed by atoms with Gasteiger partial charge in [0.05, 0.1) is 6.54 Å². The highest BCUT2D eigenvalue weighted by atomic mass is 16.3. The van der Waals surface area contributed by atoms with Crippen molar-refractivity contribution in [3.8, 4) is 0 Å². The Labute approximate surface area is 81.1 Å². The summed E-state index contributed by atoms with van der Waals surface area (Å²) in [6.07, 6.45) is 6.30. The van der Waals surface area contributed by atoms with Crippen molar-refractivity contribution < 1.29 is 0 Å². The average Bonchev–Trinajstić information content (AvgIpc) is 2.48. The topological polar surface area (TPSA) is 29.4 Å². The SMILES string of the molecule is CCC1CCC(C)C1CCCN=O. The molecule has 1 aliphatic carbocycles. The Balaban J connectivity index is 2.31. The van der Waals surface area contributed by atoms with Crippen LogP contribution in [0.5, 0.6) is 0 Å². The van der Waals surface area contributed by atoms with E-state index in [4.69, 9.17) is 0 Å². The summed E-state index contributed by atoms with van der Waals surface area (Å²) >= 11 is 0. The van der Waals surface area contributed by atoms with Gasteiger partial charge in [-0.3, -0.25) is 0 Å². The van der Waals surface area contributed by atoms with Crippen LogP contribution in [0.1, 0.15) is 46.0 Å². The molecular formula is C11H21NO. The molecule has 76 valence electrons. The minimum absolute atomic E-state index is 0.514. The predicted octanol–water partition coefficient (Wildman–Crippen LogP) is 3.61. The van der Waals surface area contributed by atoms with Crippen LogP contribution in [0, 0.1) is 22.7 Å². The van der Waals surface area contributed by atoms with Crippen LogP contribution < -0.4 is 0 Å². The van der Waals surface area contributed by atoms with Gasteiger partial charge in [0.15, 0.2) is 0 Å². The summed E-state index contributed by atoms with van der Waals surface area (Å²) in [5, 5.41) is 2.92. The highest BCUT2D eigenvalue weighted by Crippen LogP contribution is 2.41. The number of hydrogen-bond acceptors (Lipinski definition) is 2. The molecule has 2 nitrogen and oxygen atoms in total. The number of rotatable bonds is 5. The molecule has 3 atom stereocenters. The van der Waals surface area contributed by atoms with Gasteiger partial charge in [-0.15, -0.1) is 0 Å². The van der Waals surface area contributed by atoms with Crippen LogP contribution in [0.15, 0.2) is 5.18 Å². The lowest BCUT2D eigenvalue weighted by atomic mass is 9.85. The fraction of sp³-hybridized carbons (Fsp3) is 1.00. The molecule has 0 heterocycles. The van der Waals surface area contributed by atoms with Gasteiger partial charge >= 0.3 is 0 Å². The molecular weight excluding hydrogens is 162 g/mol. The third-order valence-electron chi connectivity index (χ3n) is 3.64. The standard InChI is InChI=1S/C11H21NO/c1-3-10-7-6-9(2)11(10)5-4-8-12-13/h9-11H,3-8H2,1-2H3. The first-order valence-electron chi connectivity index (χ1n) is 5.58. The normalized spacial score (nSPS) is 33.5. The Hall–Kier alpha value is -0.400. The lowest BCUT2D eigenvalue weighted by Gasteiger charge is -2.21. The van der Waals surface area contributed by atoms with Crippen molar-refractivity contribution in [2.75, 3.05) is 6.54 Å². The fourth-order valence-corrected chi connectivity index (χ4v) is 2.79. The van der Waals surface area contributed by atoms with Gasteiger partial charge in [-0.05, 0) is 37.0 Å². The molecule has 0 N–H and O–H groups in total. The molecule has 2 heteroatoms. The first kappa shape index (κ1) is 10.7. The predicted molar refractivity (Wildman–Crippen MR) is 55.6 cm³/mol. The molecule has 3 unspecified atom stereocenters. The Kier molecular flexibility index (Phi) is 4.40. The van der Waals surface area contributed by atoms with Gasteiger partial charge < -0.3 is 0 Å². The summed E-state index contributed by atoms with van der Waals surface area (Å²) < 4.78 is 0. The lowest BCUT2D eigenvalue weighted by molar-refractivity contribution is 0.294. The number of hydrogen-bond donors (Lipinski definition) is 0. The Morgan fingerprint density at radius 1 is 1.38 bits per heavy atom. The highest BCUT2D eigenvalue weighted by Gasteiger charge is 2.31. The second-order valence-electron chi connectivity index (χ2n) is 4.38. The average molecular weight is 183 g/mol. The molecule has 0 aliphatic heterocycles. The summed E-state index contributed by atoms with van der Waals surface area (Å²) in [4.78, 5) is 9.96. The highest BCUT2D eigenvalue weighted by molar-refractivity contribution is 4.81. The maximum atomic E-state index is 9.96. The Morgan fingerprint density at radius 3 is 2.77 bits per heavy atom. The summed E-state index contributed by atoms with van der Waals surface area (Å²) in [7, 11) is 0. The van der Waals surface area contributed by atoms with E-state index in [1.165, 1.54) is 25.7 Å². The van der Waals surface area contributed by atoms with Crippen LogP contribution >= 0.6 is 0 Å². The molecule has 1 rings (SSSR count). The summed E-state index contributed by atoms with van der Waals surface area (Å²) in [5.41, 5.74) is 0. The minimum atomic E-state index is 0.514. The monoisotopic (exact) mass is 183 g/mol. The van der Waals surface area contributed by atoms with E-state index in [0.717, 1.165) is 24.2 Å². The van der Waals surface area contributed by atoms with E-state index in [-0.39, 0.29) is 0 Å². The maximum Gasteiger partial charge on any atom is 0.0811 e. The van der Waals surface area contributed by atoms with E-state index in [2.05, 4.69) is 19.0 Å². The van der Waals surface area contributed by atoms with Crippen LogP contribution in [-0.4, -0.2) is 6.54 Å². The second kappa shape index (κ2) is 5.36. The maximum absolute atomic E-state index is 9.96. The molecule has 1 fully saturated rings. The van der Waals surface area contributed by atoms with Crippen LogP contribution in [0.3, 0.4) is 0 Å². The molecule has 0 amide bonds. The third kappa shape index (κ3) is 2.78. The van der Waals surface area contributed by atoms with Crippen LogP contribution in [0.4, 0.5) is 0 Å². The first-order chi connectivity index (χ1) is 6.29. The van der Waals surface area contributed by atoms with Crippen molar-refractivity contribution in [2.24, 2.45) is 22.9 Å². The van der Waals surface area contributed by atoms with Gasteiger partial charge in [0.1, 0.15) is 0 Å². The zero-order valence-corrected chi connectivity index (χ0v) is 8.83. The van der Waals surface area contributed by atoms with Gasteiger partial charge in [0.2, 0.25) is 0 Å². The van der Waals surface area contributed by atoms with Crippen LogP contribution in [0.2, 0.25) is 0 Å². The van der Waals surface area contributed by atoms with E-state index in [0.29, 0.717) is 6.54 Å². The van der Waals surface area contributed by atoms with Gasteiger partial charge in [-0.1, -0.05) is 31.9 Å².